The Balaban J connectivity index is 2.16. The van der Waals surface area contributed by atoms with Gasteiger partial charge >= 0.3 is 0 Å². The van der Waals surface area contributed by atoms with Gasteiger partial charge in [-0.2, -0.15) is 0 Å². The molecule has 5 heteroatoms. The van der Waals surface area contributed by atoms with Crippen molar-refractivity contribution in [2.75, 3.05) is 25.3 Å². The van der Waals surface area contributed by atoms with Gasteiger partial charge in [0.1, 0.15) is 0 Å². The third kappa shape index (κ3) is 3.54. The second-order valence-corrected chi connectivity index (χ2v) is 4.09. The molecular weight excluding hydrogens is 188 g/mol. The molecule has 4 nitrogen and oxygen atoms in total. The first-order valence-corrected chi connectivity index (χ1v) is 5.51. The highest BCUT2D eigenvalue weighted by atomic mass is 32.2. The van der Waals surface area contributed by atoms with Crippen LogP contribution in [0.4, 0.5) is 0 Å². The van der Waals surface area contributed by atoms with Crippen LogP contribution < -0.4 is 10.6 Å². The molecule has 0 radical (unpaired) electrons. The first-order valence-electron chi connectivity index (χ1n) is 4.35. The van der Waals surface area contributed by atoms with E-state index in [2.05, 4.69) is 10.6 Å². The number of rotatable bonds is 4. The molecule has 0 aromatic heterocycles. The molecule has 76 valence electrons. The number of methoxy groups -OCH3 is 1. The molecule has 0 aromatic rings. The summed E-state index contributed by atoms with van der Waals surface area (Å²) >= 11 is 1.75. The molecule has 2 N–H and O–H groups in total. The molecule has 1 aliphatic heterocycles. The Morgan fingerprint density at radius 3 is 3.15 bits per heavy atom. The Labute approximate surface area is 82.8 Å². The zero-order chi connectivity index (χ0) is 9.68. The fourth-order valence-electron chi connectivity index (χ4n) is 1.01. The van der Waals surface area contributed by atoms with Crippen molar-refractivity contribution >= 4 is 17.7 Å². The number of hydrogen-bond acceptors (Lipinski definition) is 4. The SMILES string of the molecule is COC(C)CNC(=O)C1CSCN1. The van der Waals surface area contributed by atoms with Crippen LogP contribution in [0.1, 0.15) is 6.92 Å². The van der Waals surface area contributed by atoms with Crippen LogP contribution >= 0.6 is 11.8 Å². The Morgan fingerprint density at radius 1 is 1.85 bits per heavy atom. The van der Waals surface area contributed by atoms with Crippen molar-refractivity contribution in [1.82, 2.24) is 10.6 Å². The number of nitrogens with one attached hydrogen (secondary N) is 2. The topological polar surface area (TPSA) is 50.4 Å². The van der Waals surface area contributed by atoms with Crippen molar-refractivity contribution in [3.63, 3.8) is 0 Å². The van der Waals surface area contributed by atoms with Crippen molar-refractivity contribution in [2.45, 2.75) is 19.1 Å². The summed E-state index contributed by atoms with van der Waals surface area (Å²) in [7, 11) is 1.64. The number of carbonyl (C=O) groups excluding carboxylic acids is 1. The van der Waals surface area contributed by atoms with Crippen LogP contribution in [0.5, 0.6) is 0 Å². The van der Waals surface area contributed by atoms with Crippen molar-refractivity contribution in [1.29, 1.82) is 0 Å². The Kier molecular flexibility index (Phi) is 4.55. The smallest absolute Gasteiger partial charge is 0.238 e. The van der Waals surface area contributed by atoms with E-state index in [0.29, 0.717) is 6.54 Å². The molecule has 0 aromatic carbocycles. The number of amides is 1. The summed E-state index contributed by atoms with van der Waals surface area (Å²) in [6.45, 7) is 2.51. The summed E-state index contributed by atoms with van der Waals surface area (Å²) in [5.74, 6) is 1.82. The minimum Gasteiger partial charge on any atom is -0.380 e. The predicted octanol–water partition coefficient (Wildman–Crippen LogP) is -0.200. The highest BCUT2D eigenvalue weighted by Gasteiger charge is 2.22. The largest absolute Gasteiger partial charge is 0.380 e. The molecule has 1 rings (SSSR count). The summed E-state index contributed by atoms with van der Waals surface area (Å²) in [4.78, 5) is 11.4. The Bertz CT molecular complexity index is 172. The van der Waals surface area contributed by atoms with E-state index >= 15 is 0 Å². The zero-order valence-corrected chi connectivity index (χ0v) is 8.82. The van der Waals surface area contributed by atoms with Crippen LogP contribution in [0.25, 0.3) is 0 Å². The molecule has 13 heavy (non-hydrogen) atoms. The standard InChI is InChI=1S/C8H16N2O2S/c1-6(12-2)3-9-8(11)7-4-13-5-10-7/h6-7,10H,3-5H2,1-2H3,(H,9,11). The fraction of sp³-hybridized carbons (Fsp3) is 0.875. The van der Waals surface area contributed by atoms with Crippen molar-refractivity contribution < 1.29 is 9.53 Å². The van der Waals surface area contributed by atoms with Gasteiger partial charge in [0.05, 0.1) is 12.1 Å². The summed E-state index contributed by atoms with van der Waals surface area (Å²) in [5, 5.41) is 5.94. The molecule has 1 aliphatic rings. The number of carbonyl (C=O) groups is 1. The lowest BCUT2D eigenvalue weighted by molar-refractivity contribution is -0.122. The van der Waals surface area contributed by atoms with Crippen molar-refractivity contribution in [3.05, 3.63) is 0 Å². The number of ether oxygens (including phenoxy) is 1. The van der Waals surface area contributed by atoms with Gasteiger partial charge in [-0.25, -0.2) is 0 Å². The lowest BCUT2D eigenvalue weighted by Crippen LogP contribution is -2.44. The second kappa shape index (κ2) is 5.47. The number of hydrogen-bond donors (Lipinski definition) is 2. The van der Waals surface area contributed by atoms with Gasteiger partial charge in [-0.3, -0.25) is 10.1 Å². The maximum Gasteiger partial charge on any atom is 0.238 e. The van der Waals surface area contributed by atoms with E-state index in [1.54, 1.807) is 18.9 Å². The van der Waals surface area contributed by atoms with Crippen LogP contribution in [0, 0.1) is 0 Å². The highest BCUT2D eigenvalue weighted by Crippen LogP contribution is 2.09. The van der Waals surface area contributed by atoms with E-state index in [9.17, 15) is 4.79 Å². The summed E-state index contributed by atoms with van der Waals surface area (Å²) in [5.41, 5.74) is 0. The normalized spacial score (nSPS) is 24.3. The molecule has 0 aliphatic carbocycles. The molecule has 2 atom stereocenters. The quantitative estimate of drug-likeness (QED) is 0.666. The molecule has 1 saturated heterocycles. The minimum atomic E-state index is -0.0194. The van der Waals surface area contributed by atoms with Crippen LogP contribution in [-0.2, 0) is 9.53 Å². The van der Waals surface area contributed by atoms with Crippen LogP contribution in [0.2, 0.25) is 0 Å². The van der Waals surface area contributed by atoms with E-state index in [4.69, 9.17) is 4.74 Å². The Morgan fingerprint density at radius 2 is 2.62 bits per heavy atom. The van der Waals surface area contributed by atoms with E-state index in [-0.39, 0.29) is 18.1 Å². The third-order valence-electron chi connectivity index (χ3n) is 2.00. The highest BCUT2D eigenvalue weighted by molar-refractivity contribution is 7.99. The Hall–Kier alpha value is -0.260. The van der Waals surface area contributed by atoms with Crippen LogP contribution in [0.15, 0.2) is 0 Å². The van der Waals surface area contributed by atoms with Gasteiger partial charge in [-0.1, -0.05) is 0 Å². The molecule has 2 unspecified atom stereocenters. The number of thioether (sulfide) groups is 1. The van der Waals surface area contributed by atoms with Gasteiger partial charge in [0.15, 0.2) is 0 Å². The lowest BCUT2D eigenvalue weighted by Gasteiger charge is -2.13. The molecule has 1 heterocycles. The molecule has 1 fully saturated rings. The van der Waals surface area contributed by atoms with Crippen molar-refractivity contribution in [2.24, 2.45) is 0 Å². The summed E-state index contributed by atoms with van der Waals surface area (Å²) in [6.07, 6.45) is 0.0815. The van der Waals surface area contributed by atoms with Crippen LogP contribution in [0.3, 0.4) is 0 Å². The lowest BCUT2D eigenvalue weighted by atomic mass is 10.3. The summed E-state index contributed by atoms with van der Waals surface area (Å²) in [6, 6.07) is -0.0194. The first kappa shape index (κ1) is 10.8. The molecule has 0 spiro atoms. The van der Waals surface area contributed by atoms with Gasteiger partial charge in [-0.05, 0) is 6.92 Å². The van der Waals surface area contributed by atoms with E-state index < -0.39 is 0 Å². The van der Waals surface area contributed by atoms with Gasteiger partial charge < -0.3 is 10.1 Å². The van der Waals surface area contributed by atoms with Gasteiger partial charge in [0.25, 0.3) is 0 Å². The maximum absolute atomic E-state index is 11.4. The van der Waals surface area contributed by atoms with E-state index in [0.717, 1.165) is 11.6 Å². The zero-order valence-electron chi connectivity index (χ0n) is 8.00. The van der Waals surface area contributed by atoms with E-state index in [1.165, 1.54) is 0 Å². The van der Waals surface area contributed by atoms with Crippen molar-refractivity contribution in [3.8, 4) is 0 Å². The molecule has 1 amide bonds. The average molecular weight is 204 g/mol. The summed E-state index contributed by atoms with van der Waals surface area (Å²) < 4.78 is 5.02. The van der Waals surface area contributed by atoms with Gasteiger partial charge in [-0.15, -0.1) is 11.8 Å². The van der Waals surface area contributed by atoms with Gasteiger partial charge in [0, 0.05) is 25.3 Å². The maximum atomic E-state index is 11.4. The molecule has 0 saturated carbocycles. The minimum absolute atomic E-state index is 0.0194. The fourth-order valence-corrected chi connectivity index (χ4v) is 1.96. The molecular formula is C8H16N2O2S. The van der Waals surface area contributed by atoms with Crippen LogP contribution in [-0.4, -0.2) is 43.3 Å². The third-order valence-corrected chi connectivity index (χ3v) is 2.94. The second-order valence-electron chi connectivity index (χ2n) is 3.06. The first-order chi connectivity index (χ1) is 6.24. The van der Waals surface area contributed by atoms with E-state index in [1.807, 2.05) is 6.92 Å². The van der Waals surface area contributed by atoms with Gasteiger partial charge in [0.2, 0.25) is 5.91 Å². The predicted molar refractivity (Wildman–Crippen MR) is 53.7 cm³/mol. The monoisotopic (exact) mass is 204 g/mol. The molecule has 0 bridgehead atoms. The average Bonchev–Trinajstić information content (AvgIpc) is 2.66.